The Hall–Kier alpha value is -1.88. The van der Waals surface area contributed by atoms with Crippen LogP contribution in [-0.4, -0.2) is 36.0 Å². The van der Waals surface area contributed by atoms with Gasteiger partial charge in [-0.2, -0.15) is 0 Å². The van der Waals surface area contributed by atoms with Gasteiger partial charge in [0.1, 0.15) is 0 Å². The lowest BCUT2D eigenvalue weighted by Gasteiger charge is -2.39. The molecule has 1 heterocycles. The molecule has 5 heteroatoms. The van der Waals surface area contributed by atoms with Crippen LogP contribution in [-0.2, 0) is 4.79 Å². The van der Waals surface area contributed by atoms with Crippen molar-refractivity contribution < 1.29 is 14.7 Å². The third-order valence-electron chi connectivity index (χ3n) is 3.89. The molecule has 3 rings (SSSR count). The van der Waals surface area contributed by atoms with E-state index >= 15 is 0 Å². The van der Waals surface area contributed by atoms with Gasteiger partial charge in [-0.05, 0) is 37.5 Å². The van der Waals surface area contributed by atoms with E-state index in [0.717, 1.165) is 18.5 Å². The fourth-order valence-electron chi connectivity index (χ4n) is 2.64. The van der Waals surface area contributed by atoms with Crippen molar-refractivity contribution in [2.24, 2.45) is 0 Å². The number of hydrogen-bond donors (Lipinski definition) is 2. The van der Waals surface area contributed by atoms with Crippen LogP contribution in [0.15, 0.2) is 18.2 Å². The summed E-state index contributed by atoms with van der Waals surface area (Å²) in [5.74, 6) is -1.04. The van der Waals surface area contributed by atoms with E-state index in [2.05, 4.69) is 10.2 Å². The lowest BCUT2D eigenvalue weighted by Crippen LogP contribution is -2.41. The standard InChI is InChI=1S/C14H16N2O3/c17-7-6-16(9-2-1-3-9)10-4-5-11-12(8-10)15-14(19)13(11)18/h4-5,8-9,17H,1-3,6-7H2,(H,15,18,19). The highest BCUT2D eigenvalue weighted by molar-refractivity contribution is 6.51. The maximum Gasteiger partial charge on any atom is 0.296 e. The Morgan fingerprint density at radius 2 is 2.11 bits per heavy atom. The minimum atomic E-state index is -0.565. The van der Waals surface area contributed by atoms with Crippen LogP contribution in [0.5, 0.6) is 0 Å². The molecular weight excluding hydrogens is 244 g/mol. The third-order valence-corrected chi connectivity index (χ3v) is 3.89. The molecule has 1 amide bonds. The summed E-state index contributed by atoms with van der Waals surface area (Å²) in [5.41, 5.74) is 1.97. The highest BCUT2D eigenvalue weighted by atomic mass is 16.3. The number of benzene rings is 1. The molecule has 2 N–H and O–H groups in total. The van der Waals surface area contributed by atoms with Gasteiger partial charge in [0.15, 0.2) is 0 Å². The second kappa shape index (κ2) is 4.66. The maximum atomic E-state index is 11.5. The average molecular weight is 260 g/mol. The smallest absolute Gasteiger partial charge is 0.296 e. The van der Waals surface area contributed by atoms with Gasteiger partial charge in [0, 0.05) is 18.3 Å². The van der Waals surface area contributed by atoms with Crippen LogP contribution in [0, 0.1) is 0 Å². The molecular formula is C14H16N2O3. The molecule has 1 fully saturated rings. The summed E-state index contributed by atoms with van der Waals surface area (Å²) in [5, 5.41) is 11.8. The summed E-state index contributed by atoms with van der Waals surface area (Å²) in [6.45, 7) is 0.671. The van der Waals surface area contributed by atoms with E-state index < -0.39 is 11.7 Å². The van der Waals surface area contributed by atoms with Gasteiger partial charge in [-0.15, -0.1) is 0 Å². The normalized spacial score (nSPS) is 17.9. The highest BCUT2D eigenvalue weighted by Crippen LogP contribution is 2.33. The van der Waals surface area contributed by atoms with Crippen LogP contribution in [0.4, 0.5) is 11.4 Å². The second-order valence-corrected chi connectivity index (χ2v) is 5.01. The van der Waals surface area contributed by atoms with E-state index in [1.165, 1.54) is 6.42 Å². The first-order valence-electron chi connectivity index (χ1n) is 6.58. The zero-order valence-electron chi connectivity index (χ0n) is 10.6. The molecule has 1 aliphatic heterocycles. The maximum absolute atomic E-state index is 11.5. The summed E-state index contributed by atoms with van der Waals surface area (Å²) in [6, 6.07) is 5.82. The SMILES string of the molecule is O=C1Nc2cc(N(CCO)C3CCC3)ccc2C1=O. The number of Topliss-reactive ketones (excluding diaryl/α,β-unsaturated/α-hetero) is 1. The number of ketones is 1. The van der Waals surface area contributed by atoms with Crippen molar-refractivity contribution in [3.05, 3.63) is 23.8 Å². The first-order valence-corrected chi connectivity index (χ1v) is 6.58. The number of aliphatic hydroxyl groups is 1. The van der Waals surface area contributed by atoms with Gasteiger partial charge in [-0.1, -0.05) is 0 Å². The number of amides is 1. The topological polar surface area (TPSA) is 69.6 Å². The van der Waals surface area contributed by atoms with Gasteiger partial charge in [-0.3, -0.25) is 9.59 Å². The fourth-order valence-corrected chi connectivity index (χ4v) is 2.64. The van der Waals surface area contributed by atoms with Gasteiger partial charge >= 0.3 is 0 Å². The van der Waals surface area contributed by atoms with Crippen LogP contribution in [0.25, 0.3) is 0 Å². The lowest BCUT2D eigenvalue weighted by atomic mass is 9.91. The molecule has 0 bridgehead atoms. The van der Waals surface area contributed by atoms with Crippen molar-refractivity contribution in [1.82, 2.24) is 0 Å². The zero-order chi connectivity index (χ0) is 13.4. The highest BCUT2D eigenvalue weighted by Gasteiger charge is 2.30. The number of carbonyl (C=O) groups is 2. The minimum Gasteiger partial charge on any atom is -0.395 e. The third kappa shape index (κ3) is 2.00. The van der Waals surface area contributed by atoms with Gasteiger partial charge in [0.2, 0.25) is 0 Å². The van der Waals surface area contributed by atoms with E-state index in [1.807, 2.05) is 12.1 Å². The minimum absolute atomic E-state index is 0.0961. The number of carbonyl (C=O) groups excluding carboxylic acids is 2. The number of aliphatic hydroxyl groups excluding tert-OH is 1. The molecule has 1 aliphatic carbocycles. The first-order chi connectivity index (χ1) is 9.20. The number of rotatable bonds is 4. The molecule has 1 saturated carbocycles. The molecule has 5 nitrogen and oxygen atoms in total. The molecule has 2 aliphatic rings. The van der Waals surface area contributed by atoms with Gasteiger partial charge in [-0.25, -0.2) is 0 Å². The Labute approximate surface area is 111 Å². The lowest BCUT2D eigenvalue weighted by molar-refractivity contribution is -0.112. The Morgan fingerprint density at radius 1 is 1.32 bits per heavy atom. The second-order valence-electron chi connectivity index (χ2n) is 5.01. The van der Waals surface area contributed by atoms with Gasteiger partial charge < -0.3 is 15.3 Å². The Kier molecular flexibility index (Phi) is 2.98. The molecule has 100 valence electrons. The van der Waals surface area contributed by atoms with Crippen molar-refractivity contribution in [3.8, 4) is 0 Å². The van der Waals surface area contributed by atoms with E-state index in [0.29, 0.717) is 23.8 Å². The molecule has 0 saturated heterocycles. The van der Waals surface area contributed by atoms with E-state index in [9.17, 15) is 14.7 Å². The zero-order valence-corrected chi connectivity index (χ0v) is 10.6. The predicted octanol–water partition coefficient (Wildman–Crippen LogP) is 1.17. The number of nitrogens with one attached hydrogen (secondary N) is 1. The summed E-state index contributed by atoms with van der Waals surface area (Å²) in [7, 11) is 0. The van der Waals surface area contributed by atoms with Crippen LogP contribution in [0.2, 0.25) is 0 Å². The average Bonchev–Trinajstić information content (AvgIpc) is 2.62. The van der Waals surface area contributed by atoms with Crippen molar-refractivity contribution in [2.45, 2.75) is 25.3 Å². The van der Waals surface area contributed by atoms with Gasteiger partial charge in [0.05, 0.1) is 17.9 Å². The Bertz CT molecular complexity index is 537. The van der Waals surface area contributed by atoms with Crippen molar-refractivity contribution >= 4 is 23.1 Å². The summed E-state index contributed by atoms with van der Waals surface area (Å²) in [4.78, 5) is 25.0. The number of nitrogens with zero attached hydrogens (tertiary/aromatic N) is 1. The van der Waals surface area contributed by atoms with E-state index in [-0.39, 0.29) is 6.61 Å². The Balaban J connectivity index is 1.90. The molecule has 0 radical (unpaired) electrons. The molecule has 0 aromatic heterocycles. The summed E-state index contributed by atoms with van der Waals surface area (Å²) >= 11 is 0. The fraction of sp³-hybridized carbons (Fsp3) is 0.429. The van der Waals surface area contributed by atoms with Crippen LogP contribution >= 0.6 is 0 Å². The first kappa shape index (κ1) is 12.2. The van der Waals surface area contributed by atoms with Crippen LogP contribution < -0.4 is 10.2 Å². The van der Waals surface area contributed by atoms with E-state index in [1.54, 1.807) is 6.07 Å². The van der Waals surface area contributed by atoms with Crippen molar-refractivity contribution in [1.29, 1.82) is 0 Å². The molecule has 1 aromatic rings. The molecule has 0 atom stereocenters. The molecule has 0 unspecified atom stereocenters. The van der Waals surface area contributed by atoms with Gasteiger partial charge in [0.25, 0.3) is 11.7 Å². The largest absolute Gasteiger partial charge is 0.395 e. The number of anilines is 2. The molecule has 1 aromatic carbocycles. The van der Waals surface area contributed by atoms with Crippen molar-refractivity contribution in [2.75, 3.05) is 23.4 Å². The predicted molar refractivity (Wildman–Crippen MR) is 71.5 cm³/mol. The quantitative estimate of drug-likeness (QED) is 0.797. The van der Waals surface area contributed by atoms with Crippen LogP contribution in [0.3, 0.4) is 0 Å². The monoisotopic (exact) mass is 260 g/mol. The van der Waals surface area contributed by atoms with Crippen molar-refractivity contribution in [3.63, 3.8) is 0 Å². The summed E-state index contributed by atoms with van der Waals surface area (Å²) in [6.07, 6.45) is 3.47. The Morgan fingerprint density at radius 3 is 2.74 bits per heavy atom. The van der Waals surface area contributed by atoms with E-state index in [4.69, 9.17) is 0 Å². The number of hydrogen-bond acceptors (Lipinski definition) is 4. The molecule has 19 heavy (non-hydrogen) atoms. The summed E-state index contributed by atoms with van der Waals surface area (Å²) < 4.78 is 0. The molecule has 0 spiro atoms. The van der Waals surface area contributed by atoms with Crippen LogP contribution in [0.1, 0.15) is 29.6 Å². The number of fused-ring (bicyclic) bond motifs is 1.